The Morgan fingerprint density at radius 2 is 1.76 bits per heavy atom. The van der Waals surface area contributed by atoms with E-state index < -0.39 is 34.1 Å². The topological polar surface area (TPSA) is 133 Å². The predicted molar refractivity (Wildman–Crippen MR) is 91.0 cm³/mol. The number of anilines is 1. The summed E-state index contributed by atoms with van der Waals surface area (Å²) in [6.07, 6.45) is 1.00. The average Bonchev–Trinajstić information content (AvgIpc) is 2.62. The number of hydrogen-bond donors (Lipinski definition) is 2. The van der Waals surface area contributed by atoms with E-state index in [-0.39, 0.29) is 16.1 Å². The molecule has 0 amide bonds. The highest BCUT2D eigenvalue weighted by Gasteiger charge is 2.19. The summed E-state index contributed by atoms with van der Waals surface area (Å²) in [6.45, 7) is -1.24. The van der Waals surface area contributed by atoms with Gasteiger partial charge in [-0.25, -0.2) is 0 Å². The number of aliphatic hydroxyl groups is 2. The van der Waals surface area contributed by atoms with Crippen molar-refractivity contribution in [3.63, 3.8) is 0 Å². The van der Waals surface area contributed by atoms with Crippen LogP contribution in [0.15, 0.2) is 57.8 Å². The molecule has 0 heterocycles. The molecule has 2 rings (SSSR count). The van der Waals surface area contributed by atoms with Gasteiger partial charge in [-0.05, 0) is 18.2 Å². The zero-order chi connectivity index (χ0) is 18.4. The number of aliphatic hydroxyl groups excluding tert-OH is 2. The molecular weight excluding hydrogens is 350 g/mol. The SMILES string of the molecule is O=[N+]([O-])c1cc(C=NS(=O)(=O)c2ccccc2)ccc1N(CO)CO. The fraction of sp³-hybridized carbons (Fsp3) is 0.133. The molecule has 2 aromatic carbocycles. The molecule has 0 aliphatic rings. The van der Waals surface area contributed by atoms with Crippen molar-refractivity contribution < 1.29 is 23.6 Å². The molecule has 0 saturated heterocycles. The van der Waals surface area contributed by atoms with Crippen molar-refractivity contribution in [1.29, 1.82) is 0 Å². The number of hydrogen-bond acceptors (Lipinski definition) is 7. The Labute approximate surface area is 143 Å². The summed E-state index contributed by atoms with van der Waals surface area (Å²) in [6, 6.07) is 11.3. The van der Waals surface area contributed by atoms with Crippen LogP contribution in [0.4, 0.5) is 11.4 Å². The van der Waals surface area contributed by atoms with Gasteiger partial charge in [0.15, 0.2) is 0 Å². The van der Waals surface area contributed by atoms with Crippen LogP contribution in [0, 0.1) is 10.1 Å². The second kappa shape index (κ2) is 7.83. The normalized spacial score (nSPS) is 11.6. The van der Waals surface area contributed by atoms with Crippen molar-refractivity contribution in [2.24, 2.45) is 4.40 Å². The first-order valence-corrected chi connectivity index (χ1v) is 8.43. The molecule has 0 aliphatic heterocycles. The molecule has 25 heavy (non-hydrogen) atoms. The third-order valence-electron chi connectivity index (χ3n) is 3.26. The lowest BCUT2D eigenvalue weighted by Crippen LogP contribution is -2.25. The maximum atomic E-state index is 12.1. The second-order valence-corrected chi connectivity index (χ2v) is 6.48. The minimum atomic E-state index is -3.92. The zero-order valence-corrected chi connectivity index (χ0v) is 13.7. The smallest absolute Gasteiger partial charge is 0.293 e. The zero-order valence-electron chi connectivity index (χ0n) is 12.9. The number of sulfonamides is 1. The maximum Gasteiger partial charge on any atom is 0.293 e. The highest BCUT2D eigenvalue weighted by Crippen LogP contribution is 2.28. The standard InChI is InChI=1S/C15H15N3O6S/c19-10-17(11-20)14-7-6-12(8-15(14)18(21)22)9-16-25(23,24)13-4-2-1-3-5-13/h1-9,19-20H,10-11H2. The second-order valence-electron chi connectivity index (χ2n) is 4.85. The molecule has 0 bridgehead atoms. The van der Waals surface area contributed by atoms with E-state index in [1.165, 1.54) is 24.3 Å². The van der Waals surface area contributed by atoms with Crippen LogP contribution in [-0.2, 0) is 10.0 Å². The molecule has 0 aromatic heterocycles. The fourth-order valence-corrected chi connectivity index (χ4v) is 2.90. The largest absolute Gasteiger partial charge is 0.376 e. The van der Waals surface area contributed by atoms with Crippen LogP contribution in [0.2, 0.25) is 0 Å². The Bertz CT molecular complexity index is 879. The summed E-state index contributed by atoms with van der Waals surface area (Å²) in [5.41, 5.74) is -0.215. The van der Waals surface area contributed by atoms with E-state index >= 15 is 0 Å². The lowest BCUT2D eigenvalue weighted by Gasteiger charge is -2.18. The van der Waals surface area contributed by atoms with Crippen molar-refractivity contribution in [2.75, 3.05) is 18.4 Å². The Morgan fingerprint density at radius 1 is 1.12 bits per heavy atom. The highest BCUT2D eigenvalue weighted by atomic mass is 32.2. The molecule has 10 heteroatoms. The average molecular weight is 365 g/mol. The summed E-state index contributed by atoms with van der Waals surface area (Å²) in [7, 11) is -3.92. The first kappa shape index (κ1) is 18.5. The molecular formula is C15H15N3O6S. The van der Waals surface area contributed by atoms with Gasteiger partial charge in [-0.2, -0.15) is 12.8 Å². The van der Waals surface area contributed by atoms with Crippen LogP contribution < -0.4 is 4.90 Å². The van der Waals surface area contributed by atoms with E-state index in [0.29, 0.717) is 0 Å². The van der Waals surface area contributed by atoms with Crippen LogP contribution in [0.5, 0.6) is 0 Å². The van der Waals surface area contributed by atoms with Gasteiger partial charge in [0.05, 0.1) is 9.82 Å². The van der Waals surface area contributed by atoms with Crippen molar-refractivity contribution in [1.82, 2.24) is 0 Å². The van der Waals surface area contributed by atoms with E-state index in [9.17, 15) is 18.5 Å². The first-order chi connectivity index (χ1) is 11.9. The minimum Gasteiger partial charge on any atom is -0.376 e. The molecule has 0 saturated carbocycles. The van der Waals surface area contributed by atoms with E-state index in [1.807, 2.05) is 0 Å². The minimum absolute atomic E-state index is 0.00179. The van der Waals surface area contributed by atoms with Gasteiger partial charge >= 0.3 is 0 Å². The maximum absolute atomic E-state index is 12.1. The van der Waals surface area contributed by atoms with Gasteiger partial charge in [0.2, 0.25) is 0 Å². The molecule has 0 atom stereocenters. The fourth-order valence-electron chi connectivity index (χ4n) is 2.02. The third-order valence-corrected chi connectivity index (χ3v) is 4.51. The number of nitro groups is 1. The predicted octanol–water partition coefficient (Wildman–Crippen LogP) is 1.11. The van der Waals surface area contributed by atoms with Crippen molar-refractivity contribution in [3.8, 4) is 0 Å². The molecule has 2 aromatic rings. The summed E-state index contributed by atoms with van der Waals surface area (Å²) < 4.78 is 27.7. The van der Waals surface area contributed by atoms with E-state index in [1.54, 1.807) is 18.2 Å². The molecule has 0 spiro atoms. The lowest BCUT2D eigenvalue weighted by atomic mass is 10.2. The Balaban J connectivity index is 2.38. The van der Waals surface area contributed by atoms with E-state index in [2.05, 4.69) is 4.40 Å². The van der Waals surface area contributed by atoms with E-state index in [4.69, 9.17) is 10.2 Å². The molecule has 132 valence electrons. The van der Waals surface area contributed by atoms with Gasteiger partial charge < -0.3 is 15.1 Å². The monoisotopic (exact) mass is 365 g/mol. The Hall–Kier alpha value is -2.82. The number of nitrogens with zero attached hydrogens (tertiary/aromatic N) is 3. The van der Waals surface area contributed by atoms with Gasteiger partial charge in [0, 0.05) is 17.8 Å². The van der Waals surface area contributed by atoms with Gasteiger partial charge in [-0.3, -0.25) is 10.1 Å². The van der Waals surface area contributed by atoms with Crippen LogP contribution in [0.3, 0.4) is 0 Å². The van der Waals surface area contributed by atoms with Crippen molar-refractivity contribution in [2.45, 2.75) is 4.90 Å². The highest BCUT2D eigenvalue weighted by molar-refractivity contribution is 7.90. The summed E-state index contributed by atoms with van der Waals surface area (Å²) >= 11 is 0. The van der Waals surface area contributed by atoms with Gasteiger partial charge in [0.25, 0.3) is 15.7 Å². The molecule has 2 N–H and O–H groups in total. The van der Waals surface area contributed by atoms with Crippen molar-refractivity contribution >= 4 is 27.6 Å². The van der Waals surface area contributed by atoms with Crippen LogP contribution >= 0.6 is 0 Å². The van der Waals surface area contributed by atoms with Crippen LogP contribution in [-0.4, -0.2) is 43.2 Å². The third kappa shape index (κ3) is 4.38. The molecule has 0 unspecified atom stereocenters. The Morgan fingerprint density at radius 3 is 2.32 bits per heavy atom. The first-order valence-electron chi connectivity index (χ1n) is 6.99. The summed E-state index contributed by atoms with van der Waals surface area (Å²) in [5.74, 6) is 0. The lowest BCUT2D eigenvalue weighted by molar-refractivity contribution is -0.384. The molecule has 0 fully saturated rings. The Kier molecular flexibility index (Phi) is 5.80. The number of benzene rings is 2. The van der Waals surface area contributed by atoms with Crippen molar-refractivity contribution in [3.05, 3.63) is 64.2 Å². The quantitative estimate of drug-likeness (QED) is 0.325. The molecule has 9 nitrogen and oxygen atoms in total. The van der Waals surface area contributed by atoms with E-state index in [0.717, 1.165) is 17.2 Å². The molecule has 0 radical (unpaired) electrons. The molecule has 0 aliphatic carbocycles. The van der Waals surface area contributed by atoms with Crippen LogP contribution in [0.25, 0.3) is 0 Å². The summed E-state index contributed by atoms with van der Waals surface area (Å²) in [4.78, 5) is 11.5. The van der Waals surface area contributed by atoms with Gasteiger partial charge in [-0.1, -0.05) is 24.3 Å². The number of rotatable bonds is 7. The van der Waals surface area contributed by atoms with Gasteiger partial charge in [0.1, 0.15) is 19.1 Å². The summed E-state index contributed by atoms with van der Waals surface area (Å²) in [5, 5.41) is 29.4. The number of nitro benzene ring substituents is 1. The van der Waals surface area contributed by atoms with Crippen LogP contribution in [0.1, 0.15) is 5.56 Å². The van der Waals surface area contributed by atoms with Gasteiger partial charge in [-0.15, -0.1) is 0 Å².